The number of thioether (sulfide) groups is 2. The molecule has 0 radical (unpaired) electrons. The largest absolute Gasteiger partial charge is 0.313 e. The van der Waals surface area contributed by atoms with Crippen LogP contribution in [0.25, 0.3) is 0 Å². The van der Waals surface area contributed by atoms with Crippen molar-refractivity contribution in [3.05, 3.63) is 0 Å². The molecule has 0 aromatic heterocycles. The Morgan fingerprint density at radius 1 is 1.36 bits per heavy atom. The van der Waals surface area contributed by atoms with E-state index in [-0.39, 0.29) is 0 Å². The highest BCUT2D eigenvalue weighted by atomic mass is 32.2. The van der Waals surface area contributed by atoms with E-state index in [2.05, 4.69) is 49.6 Å². The van der Waals surface area contributed by atoms with Gasteiger partial charge in [0.1, 0.15) is 0 Å². The normalized spacial score (nSPS) is 25.3. The molecule has 2 atom stereocenters. The highest BCUT2D eigenvalue weighted by molar-refractivity contribution is 8.06. The van der Waals surface area contributed by atoms with Crippen LogP contribution >= 0.6 is 23.5 Å². The van der Waals surface area contributed by atoms with Gasteiger partial charge in [-0.2, -0.15) is 23.5 Å². The summed E-state index contributed by atoms with van der Waals surface area (Å²) in [5.41, 5.74) is 0. The second-order valence-corrected chi connectivity index (χ2v) is 6.70. The second kappa shape index (κ2) is 7.02. The molecule has 0 aromatic carbocycles. The summed E-state index contributed by atoms with van der Waals surface area (Å²) < 4.78 is 0. The van der Waals surface area contributed by atoms with Crippen molar-refractivity contribution in [2.24, 2.45) is 5.92 Å². The molecule has 0 bridgehead atoms. The van der Waals surface area contributed by atoms with Crippen molar-refractivity contribution in [2.45, 2.75) is 38.5 Å². The SMILES string of the molecule is CCCNC(C(C)C)C1CSCCS1. The molecule has 0 spiro atoms. The summed E-state index contributed by atoms with van der Waals surface area (Å²) in [7, 11) is 0. The van der Waals surface area contributed by atoms with E-state index in [0.29, 0.717) is 6.04 Å². The molecule has 0 aliphatic carbocycles. The summed E-state index contributed by atoms with van der Waals surface area (Å²) in [5.74, 6) is 4.79. The minimum absolute atomic E-state index is 0.716. The molecule has 1 heterocycles. The number of nitrogens with one attached hydrogen (secondary N) is 1. The maximum atomic E-state index is 3.70. The van der Waals surface area contributed by atoms with E-state index in [4.69, 9.17) is 0 Å². The first-order chi connectivity index (χ1) is 6.75. The molecule has 1 fully saturated rings. The van der Waals surface area contributed by atoms with Crippen molar-refractivity contribution in [3.63, 3.8) is 0 Å². The van der Waals surface area contributed by atoms with E-state index in [1.54, 1.807) is 0 Å². The fraction of sp³-hybridized carbons (Fsp3) is 1.00. The summed E-state index contributed by atoms with van der Waals surface area (Å²) in [6, 6.07) is 0.716. The highest BCUT2D eigenvalue weighted by Crippen LogP contribution is 2.29. The topological polar surface area (TPSA) is 12.0 Å². The molecule has 3 heteroatoms. The molecular weight excluding hydrogens is 210 g/mol. The standard InChI is InChI=1S/C11H23NS2/c1-4-5-12-11(9(2)3)10-8-13-6-7-14-10/h9-12H,4-8H2,1-3H3. The first-order valence-corrected chi connectivity index (χ1v) is 7.88. The number of hydrogen-bond donors (Lipinski definition) is 1. The predicted octanol–water partition coefficient (Wildman–Crippen LogP) is 2.86. The van der Waals surface area contributed by atoms with Gasteiger partial charge < -0.3 is 5.32 Å². The van der Waals surface area contributed by atoms with Crippen LogP contribution in [0.2, 0.25) is 0 Å². The van der Waals surface area contributed by atoms with Crippen molar-refractivity contribution in [1.82, 2.24) is 5.32 Å². The molecule has 84 valence electrons. The van der Waals surface area contributed by atoms with E-state index in [9.17, 15) is 0 Å². The van der Waals surface area contributed by atoms with Gasteiger partial charge in [0.15, 0.2) is 0 Å². The first-order valence-electron chi connectivity index (χ1n) is 5.68. The zero-order chi connectivity index (χ0) is 10.4. The lowest BCUT2D eigenvalue weighted by Crippen LogP contribution is -2.45. The van der Waals surface area contributed by atoms with Crippen molar-refractivity contribution in [3.8, 4) is 0 Å². The quantitative estimate of drug-likeness (QED) is 0.784. The third-order valence-corrected chi connectivity index (χ3v) is 5.48. The Kier molecular flexibility index (Phi) is 6.38. The Balaban J connectivity index is 2.39. The summed E-state index contributed by atoms with van der Waals surface area (Å²) >= 11 is 4.29. The molecular formula is C11H23NS2. The van der Waals surface area contributed by atoms with Crippen LogP contribution in [0.15, 0.2) is 0 Å². The van der Waals surface area contributed by atoms with Crippen LogP contribution < -0.4 is 5.32 Å². The molecule has 1 nitrogen and oxygen atoms in total. The van der Waals surface area contributed by atoms with E-state index >= 15 is 0 Å². The molecule has 1 rings (SSSR count). The lowest BCUT2D eigenvalue weighted by Gasteiger charge is -2.33. The smallest absolute Gasteiger partial charge is 0.0294 e. The van der Waals surface area contributed by atoms with Crippen LogP contribution in [-0.4, -0.2) is 35.1 Å². The second-order valence-electron chi connectivity index (χ2n) is 4.21. The van der Waals surface area contributed by atoms with Crippen molar-refractivity contribution < 1.29 is 0 Å². The zero-order valence-electron chi connectivity index (χ0n) is 9.58. The maximum absolute atomic E-state index is 3.70. The molecule has 1 aliphatic heterocycles. The summed E-state index contributed by atoms with van der Waals surface area (Å²) in [5, 5.41) is 4.54. The van der Waals surface area contributed by atoms with E-state index < -0.39 is 0 Å². The van der Waals surface area contributed by atoms with Crippen molar-refractivity contribution in [1.29, 1.82) is 0 Å². The minimum atomic E-state index is 0.716. The maximum Gasteiger partial charge on any atom is 0.0294 e. The molecule has 1 aliphatic rings. The van der Waals surface area contributed by atoms with Gasteiger partial charge in [0.05, 0.1) is 0 Å². The fourth-order valence-electron chi connectivity index (χ4n) is 1.82. The number of rotatable bonds is 5. The van der Waals surface area contributed by atoms with Crippen LogP contribution in [0.1, 0.15) is 27.2 Å². The van der Waals surface area contributed by atoms with Crippen LogP contribution in [0, 0.1) is 5.92 Å². The van der Waals surface area contributed by atoms with Crippen molar-refractivity contribution in [2.75, 3.05) is 23.8 Å². The summed E-state index contributed by atoms with van der Waals surface area (Å²) in [4.78, 5) is 0. The average Bonchev–Trinajstić information content (AvgIpc) is 2.19. The molecule has 1 saturated heterocycles. The summed E-state index contributed by atoms with van der Waals surface area (Å²) in [6.45, 7) is 8.10. The lowest BCUT2D eigenvalue weighted by atomic mass is 10.0. The van der Waals surface area contributed by atoms with Gasteiger partial charge >= 0.3 is 0 Å². The fourth-order valence-corrected chi connectivity index (χ4v) is 4.88. The summed E-state index contributed by atoms with van der Waals surface area (Å²) in [6.07, 6.45) is 1.24. The molecule has 1 N–H and O–H groups in total. The van der Waals surface area contributed by atoms with E-state index in [1.165, 1.54) is 30.2 Å². The monoisotopic (exact) mass is 233 g/mol. The third kappa shape index (κ3) is 4.03. The number of hydrogen-bond acceptors (Lipinski definition) is 3. The van der Waals surface area contributed by atoms with Gasteiger partial charge in [-0.15, -0.1) is 0 Å². The van der Waals surface area contributed by atoms with Gasteiger partial charge in [0.25, 0.3) is 0 Å². The third-order valence-electron chi connectivity index (χ3n) is 2.59. The van der Waals surface area contributed by atoms with E-state index in [1.807, 2.05) is 0 Å². The van der Waals surface area contributed by atoms with Crippen molar-refractivity contribution >= 4 is 23.5 Å². The molecule has 2 unspecified atom stereocenters. The van der Waals surface area contributed by atoms with Gasteiger partial charge in [-0.1, -0.05) is 20.8 Å². The van der Waals surface area contributed by atoms with Crippen LogP contribution in [0.5, 0.6) is 0 Å². The van der Waals surface area contributed by atoms with Crippen LogP contribution in [0.4, 0.5) is 0 Å². The van der Waals surface area contributed by atoms with Gasteiger partial charge in [0.2, 0.25) is 0 Å². The van der Waals surface area contributed by atoms with Gasteiger partial charge in [0, 0.05) is 28.6 Å². The van der Waals surface area contributed by atoms with Gasteiger partial charge in [-0.25, -0.2) is 0 Å². The molecule has 0 amide bonds. The molecule has 14 heavy (non-hydrogen) atoms. The molecule has 0 aromatic rings. The van der Waals surface area contributed by atoms with Crippen LogP contribution in [0.3, 0.4) is 0 Å². The minimum Gasteiger partial charge on any atom is -0.313 e. The Labute approximate surface area is 97.2 Å². The zero-order valence-corrected chi connectivity index (χ0v) is 11.2. The Bertz CT molecular complexity index is 144. The molecule has 0 saturated carbocycles. The predicted molar refractivity (Wildman–Crippen MR) is 70.5 cm³/mol. The van der Waals surface area contributed by atoms with Gasteiger partial charge in [-0.05, 0) is 18.9 Å². The Hall–Kier alpha value is 0.660. The van der Waals surface area contributed by atoms with E-state index in [0.717, 1.165) is 11.2 Å². The van der Waals surface area contributed by atoms with Gasteiger partial charge in [-0.3, -0.25) is 0 Å². The van der Waals surface area contributed by atoms with Crippen LogP contribution in [-0.2, 0) is 0 Å². The average molecular weight is 233 g/mol. The first kappa shape index (κ1) is 12.7. The lowest BCUT2D eigenvalue weighted by molar-refractivity contribution is 0.399. The highest BCUT2D eigenvalue weighted by Gasteiger charge is 2.26. The Morgan fingerprint density at radius 2 is 2.14 bits per heavy atom. The Morgan fingerprint density at radius 3 is 2.64 bits per heavy atom.